The van der Waals surface area contributed by atoms with E-state index in [1.165, 1.54) is 24.3 Å². The highest BCUT2D eigenvalue weighted by Crippen LogP contribution is 2.30. The summed E-state index contributed by atoms with van der Waals surface area (Å²) in [6, 6.07) is 11.2. The Morgan fingerprint density at radius 2 is 1.42 bits per heavy atom. The number of hydrogen-bond donors (Lipinski definition) is 1. The van der Waals surface area contributed by atoms with Crippen molar-refractivity contribution in [3.63, 3.8) is 0 Å². The van der Waals surface area contributed by atoms with Crippen LogP contribution in [0.4, 0.5) is 8.78 Å². The number of carbonyl (C=O) groups is 1. The summed E-state index contributed by atoms with van der Waals surface area (Å²) in [5.74, 6) is -1.54. The van der Waals surface area contributed by atoms with Gasteiger partial charge in [-0.1, -0.05) is 31.2 Å². The number of nitrogens with two attached hydrogens (primary N) is 1. The summed E-state index contributed by atoms with van der Waals surface area (Å²) in [5, 5.41) is 0. The van der Waals surface area contributed by atoms with Gasteiger partial charge in [-0.2, -0.15) is 0 Å². The molecule has 0 bridgehead atoms. The molecule has 0 saturated heterocycles. The summed E-state index contributed by atoms with van der Waals surface area (Å²) in [4.78, 5) is 12.0. The van der Waals surface area contributed by atoms with Crippen LogP contribution in [0.3, 0.4) is 0 Å². The minimum atomic E-state index is -0.686. The van der Waals surface area contributed by atoms with Gasteiger partial charge in [-0.25, -0.2) is 8.78 Å². The van der Waals surface area contributed by atoms with Gasteiger partial charge in [0.2, 0.25) is 0 Å². The second-order valence-corrected chi connectivity index (χ2v) is 5.74. The second kappa shape index (κ2) is 8.02. The van der Waals surface area contributed by atoms with E-state index in [0.29, 0.717) is 6.42 Å². The third-order valence-corrected chi connectivity index (χ3v) is 3.97. The molecule has 5 heteroatoms. The number of esters is 1. The number of hydrogen-bond acceptors (Lipinski definition) is 3. The van der Waals surface area contributed by atoms with E-state index < -0.39 is 18.1 Å². The van der Waals surface area contributed by atoms with E-state index in [9.17, 15) is 13.6 Å². The van der Waals surface area contributed by atoms with Crippen LogP contribution in [0.1, 0.15) is 37.3 Å². The molecule has 0 aliphatic carbocycles. The number of benzene rings is 2. The monoisotopic (exact) mass is 333 g/mol. The average Bonchev–Trinajstić information content (AvgIpc) is 2.57. The summed E-state index contributed by atoms with van der Waals surface area (Å²) in [6.07, 6.45) is -0.0606. The third kappa shape index (κ3) is 4.38. The third-order valence-electron chi connectivity index (χ3n) is 3.97. The van der Waals surface area contributed by atoms with Gasteiger partial charge < -0.3 is 10.5 Å². The Kier molecular flexibility index (Phi) is 6.04. The predicted octanol–water partition coefficient (Wildman–Crippen LogP) is 3.77. The average molecular weight is 333 g/mol. The summed E-state index contributed by atoms with van der Waals surface area (Å²) >= 11 is 0. The fraction of sp³-hybridized carbons (Fsp3) is 0.316. The molecule has 0 aliphatic heterocycles. The van der Waals surface area contributed by atoms with Crippen molar-refractivity contribution in [3.05, 3.63) is 71.3 Å². The predicted molar refractivity (Wildman–Crippen MR) is 88.5 cm³/mol. The Labute approximate surface area is 140 Å². The Bertz CT molecular complexity index is 625. The number of halogens is 2. The first-order valence-corrected chi connectivity index (χ1v) is 7.89. The number of rotatable bonds is 6. The lowest BCUT2D eigenvalue weighted by atomic mass is 9.87. The van der Waals surface area contributed by atoms with Gasteiger partial charge in [-0.3, -0.25) is 4.79 Å². The number of carbonyl (C=O) groups excluding carboxylic acids is 1. The van der Waals surface area contributed by atoms with Gasteiger partial charge in [-0.15, -0.1) is 0 Å². The van der Waals surface area contributed by atoms with Gasteiger partial charge in [0.15, 0.2) is 0 Å². The van der Waals surface area contributed by atoms with E-state index in [-0.39, 0.29) is 17.6 Å². The molecule has 24 heavy (non-hydrogen) atoms. The van der Waals surface area contributed by atoms with Gasteiger partial charge in [0, 0.05) is 5.92 Å². The van der Waals surface area contributed by atoms with Crippen molar-refractivity contribution in [2.24, 2.45) is 5.73 Å². The zero-order valence-electron chi connectivity index (χ0n) is 13.7. The minimum Gasteiger partial charge on any atom is -0.461 e. The molecule has 0 aliphatic rings. The molecule has 0 aromatic heterocycles. The van der Waals surface area contributed by atoms with Crippen LogP contribution in [-0.2, 0) is 9.53 Å². The number of ether oxygens (including phenoxy) is 1. The van der Waals surface area contributed by atoms with Crippen molar-refractivity contribution in [2.45, 2.75) is 38.3 Å². The molecular formula is C19H21F2NO2. The van der Waals surface area contributed by atoms with Crippen LogP contribution in [0.2, 0.25) is 0 Å². The minimum absolute atomic E-state index is 0.348. The highest BCUT2D eigenvalue weighted by molar-refractivity contribution is 5.75. The lowest BCUT2D eigenvalue weighted by Crippen LogP contribution is -2.35. The van der Waals surface area contributed by atoms with Crippen molar-refractivity contribution in [3.8, 4) is 0 Å². The van der Waals surface area contributed by atoms with Gasteiger partial charge in [0.05, 0.1) is 0 Å². The van der Waals surface area contributed by atoms with Crippen molar-refractivity contribution in [1.82, 2.24) is 0 Å². The molecule has 0 amide bonds. The molecule has 2 atom stereocenters. The first-order valence-electron chi connectivity index (χ1n) is 7.89. The highest BCUT2D eigenvalue weighted by Gasteiger charge is 2.26. The van der Waals surface area contributed by atoms with E-state index in [0.717, 1.165) is 11.1 Å². The molecule has 0 unspecified atom stereocenters. The quantitative estimate of drug-likeness (QED) is 0.819. The maximum absolute atomic E-state index is 13.2. The van der Waals surface area contributed by atoms with Crippen molar-refractivity contribution >= 4 is 5.97 Å². The van der Waals surface area contributed by atoms with Gasteiger partial charge in [0.1, 0.15) is 23.8 Å². The van der Waals surface area contributed by atoms with Crippen LogP contribution in [-0.4, -0.2) is 18.1 Å². The molecule has 0 fully saturated rings. The van der Waals surface area contributed by atoms with Crippen molar-refractivity contribution in [2.75, 3.05) is 0 Å². The molecule has 2 aromatic rings. The van der Waals surface area contributed by atoms with Crippen molar-refractivity contribution < 1.29 is 18.3 Å². The van der Waals surface area contributed by atoms with Crippen LogP contribution in [0, 0.1) is 11.6 Å². The summed E-state index contributed by atoms with van der Waals surface area (Å²) < 4.78 is 31.9. The molecule has 128 valence electrons. The Morgan fingerprint density at radius 1 is 1.00 bits per heavy atom. The summed E-state index contributed by atoms with van der Waals surface area (Å²) in [7, 11) is 0. The van der Waals surface area contributed by atoms with E-state index in [4.69, 9.17) is 10.5 Å². The van der Waals surface area contributed by atoms with E-state index in [1.54, 1.807) is 38.1 Å². The highest BCUT2D eigenvalue weighted by atomic mass is 19.1. The molecule has 0 spiro atoms. The topological polar surface area (TPSA) is 52.3 Å². The van der Waals surface area contributed by atoms with Gasteiger partial charge >= 0.3 is 5.97 Å². The summed E-state index contributed by atoms with van der Waals surface area (Å²) in [6.45, 7) is 3.55. The van der Waals surface area contributed by atoms with Crippen LogP contribution in [0.5, 0.6) is 0 Å². The standard InChI is InChI=1S/C19H21F2NO2/c1-3-17(22)19(23)24-12(2)18(13-4-8-15(20)9-5-13)14-6-10-16(21)11-7-14/h4-12,17-18H,3,22H2,1-2H3/t12-,17-/m0/s1. The molecule has 2 rings (SSSR count). The van der Waals surface area contributed by atoms with Crippen LogP contribution in [0.15, 0.2) is 48.5 Å². The Morgan fingerprint density at radius 3 is 1.79 bits per heavy atom. The molecule has 3 nitrogen and oxygen atoms in total. The van der Waals surface area contributed by atoms with Crippen LogP contribution >= 0.6 is 0 Å². The SMILES string of the molecule is CC[C@H](N)C(=O)O[C@@H](C)C(c1ccc(F)cc1)c1ccc(F)cc1. The molecule has 0 saturated carbocycles. The Balaban J connectivity index is 2.33. The fourth-order valence-corrected chi connectivity index (χ4v) is 2.58. The molecule has 0 radical (unpaired) electrons. The largest absolute Gasteiger partial charge is 0.461 e. The summed E-state index contributed by atoms with van der Waals surface area (Å²) in [5.41, 5.74) is 7.25. The first-order chi connectivity index (χ1) is 11.4. The molecule has 2 aromatic carbocycles. The van der Waals surface area contributed by atoms with Crippen LogP contribution in [0.25, 0.3) is 0 Å². The lowest BCUT2D eigenvalue weighted by Gasteiger charge is -2.26. The van der Waals surface area contributed by atoms with Gasteiger partial charge in [0.25, 0.3) is 0 Å². The van der Waals surface area contributed by atoms with E-state index >= 15 is 0 Å². The maximum atomic E-state index is 13.2. The first kappa shape index (κ1) is 18.1. The molecule has 0 heterocycles. The lowest BCUT2D eigenvalue weighted by molar-refractivity contribution is -0.150. The van der Waals surface area contributed by atoms with Gasteiger partial charge in [-0.05, 0) is 48.7 Å². The van der Waals surface area contributed by atoms with E-state index in [1.807, 2.05) is 0 Å². The molecular weight excluding hydrogens is 312 g/mol. The smallest absolute Gasteiger partial charge is 0.323 e. The normalized spacial score (nSPS) is 13.6. The Hall–Kier alpha value is -2.27. The zero-order chi connectivity index (χ0) is 17.7. The van der Waals surface area contributed by atoms with Crippen molar-refractivity contribution in [1.29, 1.82) is 0 Å². The molecule has 2 N–H and O–H groups in total. The second-order valence-electron chi connectivity index (χ2n) is 5.74. The van der Waals surface area contributed by atoms with Crippen LogP contribution < -0.4 is 5.73 Å². The van der Waals surface area contributed by atoms with E-state index in [2.05, 4.69) is 0 Å². The maximum Gasteiger partial charge on any atom is 0.323 e. The fourth-order valence-electron chi connectivity index (χ4n) is 2.58. The zero-order valence-corrected chi connectivity index (χ0v) is 13.7.